The quantitative estimate of drug-likeness (QED) is 0.735. The van der Waals surface area contributed by atoms with Crippen LogP contribution in [-0.4, -0.2) is 44.0 Å². The fourth-order valence-electron chi connectivity index (χ4n) is 3.72. The van der Waals surface area contributed by atoms with E-state index in [4.69, 9.17) is 0 Å². The standard InChI is InChI=1S/C22H22N4O2/c27-22(28)18-6-3-5-17(11-18)19-7-4-10-26(15-19)14-16-12-24-21(25-13-16)20-8-1-2-9-23-20/h1-3,5-6,8-9,11-13,19H,4,7,10,14-15H2,(H,27,28)/t19-/m1/s1. The largest absolute Gasteiger partial charge is 0.478 e. The molecule has 1 saturated heterocycles. The van der Waals surface area contributed by atoms with Gasteiger partial charge in [-0.05, 0) is 55.1 Å². The summed E-state index contributed by atoms with van der Waals surface area (Å²) < 4.78 is 0. The minimum Gasteiger partial charge on any atom is -0.478 e. The van der Waals surface area contributed by atoms with Crippen LogP contribution >= 0.6 is 0 Å². The number of carboxylic acid groups (broad SMARTS) is 1. The Morgan fingerprint density at radius 1 is 1.11 bits per heavy atom. The molecule has 142 valence electrons. The second kappa shape index (κ2) is 8.27. The van der Waals surface area contributed by atoms with Crippen LogP contribution in [0, 0.1) is 0 Å². The Morgan fingerprint density at radius 3 is 2.71 bits per heavy atom. The second-order valence-electron chi connectivity index (χ2n) is 7.13. The molecule has 0 amide bonds. The molecular formula is C22H22N4O2. The molecular weight excluding hydrogens is 352 g/mol. The van der Waals surface area contributed by atoms with Crippen molar-refractivity contribution in [1.82, 2.24) is 19.9 Å². The molecule has 0 unspecified atom stereocenters. The van der Waals surface area contributed by atoms with Crippen LogP contribution < -0.4 is 0 Å². The fourth-order valence-corrected chi connectivity index (χ4v) is 3.72. The van der Waals surface area contributed by atoms with Crippen molar-refractivity contribution in [3.8, 4) is 11.5 Å². The summed E-state index contributed by atoms with van der Waals surface area (Å²) in [5, 5.41) is 9.23. The molecule has 1 atom stereocenters. The molecule has 1 aliphatic rings. The summed E-state index contributed by atoms with van der Waals surface area (Å²) in [5.74, 6) is 0.104. The van der Waals surface area contributed by atoms with Crippen LogP contribution in [-0.2, 0) is 6.54 Å². The van der Waals surface area contributed by atoms with Crippen molar-refractivity contribution in [3.63, 3.8) is 0 Å². The highest BCUT2D eigenvalue weighted by molar-refractivity contribution is 5.87. The van der Waals surface area contributed by atoms with Crippen LogP contribution in [0.25, 0.3) is 11.5 Å². The molecule has 1 aliphatic heterocycles. The third-order valence-electron chi connectivity index (χ3n) is 5.12. The van der Waals surface area contributed by atoms with Crippen LogP contribution in [0.3, 0.4) is 0 Å². The lowest BCUT2D eigenvalue weighted by atomic mass is 9.89. The van der Waals surface area contributed by atoms with E-state index in [1.165, 1.54) is 0 Å². The zero-order chi connectivity index (χ0) is 19.3. The molecule has 3 heterocycles. The number of likely N-dealkylation sites (tertiary alicyclic amines) is 1. The smallest absolute Gasteiger partial charge is 0.335 e. The number of carboxylic acids is 1. The normalized spacial score (nSPS) is 17.4. The van der Waals surface area contributed by atoms with Crippen LogP contribution in [0.2, 0.25) is 0 Å². The van der Waals surface area contributed by atoms with E-state index in [0.717, 1.165) is 49.3 Å². The minimum atomic E-state index is -0.875. The first-order valence-electron chi connectivity index (χ1n) is 9.47. The van der Waals surface area contributed by atoms with Crippen LogP contribution in [0.15, 0.2) is 61.1 Å². The van der Waals surface area contributed by atoms with Crippen molar-refractivity contribution >= 4 is 5.97 Å². The molecule has 3 aromatic rings. The zero-order valence-electron chi connectivity index (χ0n) is 15.5. The van der Waals surface area contributed by atoms with Crippen LogP contribution in [0.5, 0.6) is 0 Å². The van der Waals surface area contributed by atoms with E-state index in [9.17, 15) is 9.90 Å². The van der Waals surface area contributed by atoms with E-state index in [1.54, 1.807) is 18.3 Å². The summed E-state index contributed by atoms with van der Waals surface area (Å²) in [6, 6.07) is 13.0. The third kappa shape index (κ3) is 4.23. The van der Waals surface area contributed by atoms with E-state index >= 15 is 0 Å². The lowest BCUT2D eigenvalue weighted by Gasteiger charge is -2.33. The molecule has 4 rings (SSSR count). The average Bonchev–Trinajstić information content (AvgIpc) is 2.75. The molecule has 1 N–H and O–H groups in total. The summed E-state index contributed by atoms with van der Waals surface area (Å²) in [6.45, 7) is 2.72. The van der Waals surface area contributed by atoms with Gasteiger partial charge in [-0.3, -0.25) is 9.88 Å². The van der Waals surface area contributed by atoms with Crippen molar-refractivity contribution in [1.29, 1.82) is 0 Å². The number of rotatable bonds is 5. The Balaban J connectivity index is 1.43. The summed E-state index contributed by atoms with van der Waals surface area (Å²) in [7, 11) is 0. The Hall–Kier alpha value is -3.12. The Kier molecular flexibility index (Phi) is 5.39. The highest BCUT2D eigenvalue weighted by atomic mass is 16.4. The third-order valence-corrected chi connectivity index (χ3v) is 5.12. The van der Waals surface area contributed by atoms with Gasteiger partial charge in [-0.15, -0.1) is 0 Å². The summed E-state index contributed by atoms with van der Waals surface area (Å²) in [6.07, 6.45) is 7.64. The van der Waals surface area contributed by atoms with Crippen LogP contribution in [0.1, 0.15) is 40.2 Å². The van der Waals surface area contributed by atoms with Crippen molar-refractivity contribution < 1.29 is 9.90 Å². The number of hydrogen-bond acceptors (Lipinski definition) is 5. The molecule has 1 aromatic carbocycles. The molecule has 1 fully saturated rings. The van der Waals surface area contributed by atoms with Gasteiger partial charge in [0.05, 0.1) is 5.56 Å². The summed E-state index contributed by atoms with van der Waals surface area (Å²) in [4.78, 5) is 26.8. The lowest BCUT2D eigenvalue weighted by Crippen LogP contribution is -2.34. The van der Waals surface area contributed by atoms with Crippen LogP contribution in [0.4, 0.5) is 0 Å². The van der Waals surface area contributed by atoms with Gasteiger partial charge in [-0.1, -0.05) is 18.2 Å². The van der Waals surface area contributed by atoms with Gasteiger partial charge < -0.3 is 5.11 Å². The molecule has 0 aliphatic carbocycles. The molecule has 0 bridgehead atoms. The van der Waals surface area contributed by atoms with Gasteiger partial charge in [0, 0.05) is 37.2 Å². The first-order chi connectivity index (χ1) is 13.7. The number of piperidine rings is 1. The van der Waals surface area contributed by atoms with Crippen molar-refractivity contribution in [3.05, 3.63) is 77.7 Å². The molecule has 6 nitrogen and oxygen atoms in total. The number of pyridine rings is 1. The predicted molar refractivity (Wildman–Crippen MR) is 106 cm³/mol. The maximum atomic E-state index is 11.2. The molecule has 6 heteroatoms. The Labute approximate surface area is 163 Å². The fraction of sp³-hybridized carbons (Fsp3) is 0.273. The zero-order valence-corrected chi connectivity index (χ0v) is 15.5. The number of aromatic nitrogens is 3. The monoisotopic (exact) mass is 374 g/mol. The first-order valence-corrected chi connectivity index (χ1v) is 9.47. The SMILES string of the molecule is O=C(O)c1cccc([C@@H]2CCCN(Cc3cnc(-c4ccccn4)nc3)C2)c1. The molecule has 2 aromatic heterocycles. The summed E-state index contributed by atoms with van der Waals surface area (Å²) >= 11 is 0. The van der Waals surface area contributed by atoms with Gasteiger partial charge in [0.15, 0.2) is 5.82 Å². The number of hydrogen-bond donors (Lipinski definition) is 1. The van der Waals surface area contributed by atoms with Crippen molar-refractivity contribution in [2.24, 2.45) is 0 Å². The van der Waals surface area contributed by atoms with Gasteiger partial charge in [0.1, 0.15) is 5.69 Å². The molecule has 28 heavy (non-hydrogen) atoms. The maximum absolute atomic E-state index is 11.2. The highest BCUT2D eigenvalue weighted by Gasteiger charge is 2.22. The van der Waals surface area contributed by atoms with E-state index in [1.807, 2.05) is 42.7 Å². The second-order valence-corrected chi connectivity index (χ2v) is 7.13. The molecule has 0 spiro atoms. The lowest BCUT2D eigenvalue weighted by molar-refractivity contribution is 0.0696. The number of aromatic carboxylic acids is 1. The average molecular weight is 374 g/mol. The number of nitrogens with zero attached hydrogens (tertiary/aromatic N) is 4. The van der Waals surface area contributed by atoms with E-state index in [2.05, 4.69) is 19.9 Å². The van der Waals surface area contributed by atoms with E-state index in [-0.39, 0.29) is 0 Å². The van der Waals surface area contributed by atoms with Gasteiger partial charge in [-0.25, -0.2) is 14.8 Å². The number of benzene rings is 1. The minimum absolute atomic E-state index is 0.349. The first kappa shape index (κ1) is 18.3. The topological polar surface area (TPSA) is 79.2 Å². The van der Waals surface area contributed by atoms with Gasteiger partial charge in [0.25, 0.3) is 0 Å². The molecule has 0 saturated carbocycles. The van der Waals surface area contributed by atoms with Crippen molar-refractivity contribution in [2.75, 3.05) is 13.1 Å². The molecule has 0 radical (unpaired) electrons. The van der Waals surface area contributed by atoms with E-state index < -0.39 is 5.97 Å². The maximum Gasteiger partial charge on any atom is 0.335 e. The Bertz CT molecular complexity index is 944. The van der Waals surface area contributed by atoms with Crippen molar-refractivity contribution in [2.45, 2.75) is 25.3 Å². The predicted octanol–water partition coefficient (Wildman–Crippen LogP) is 3.62. The van der Waals surface area contributed by atoms with Gasteiger partial charge >= 0.3 is 5.97 Å². The number of carbonyl (C=O) groups is 1. The van der Waals surface area contributed by atoms with Gasteiger partial charge in [-0.2, -0.15) is 0 Å². The van der Waals surface area contributed by atoms with Gasteiger partial charge in [0.2, 0.25) is 0 Å². The Morgan fingerprint density at radius 2 is 1.96 bits per heavy atom. The highest BCUT2D eigenvalue weighted by Crippen LogP contribution is 2.28. The summed E-state index contributed by atoms with van der Waals surface area (Å²) in [5.41, 5.74) is 3.30. The van der Waals surface area contributed by atoms with E-state index in [0.29, 0.717) is 17.3 Å².